The fourth-order valence-electron chi connectivity index (χ4n) is 2.07. The molecule has 2 unspecified atom stereocenters. The van der Waals surface area contributed by atoms with E-state index >= 15 is 0 Å². The number of carboxylic acid groups (broad SMARTS) is 1. The molecule has 92 valence electrons. The van der Waals surface area contributed by atoms with Crippen LogP contribution in [-0.4, -0.2) is 17.7 Å². The number of hydrogen-bond donors (Lipinski definition) is 1. The third kappa shape index (κ3) is 2.81. The van der Waals surface area contributed by atoms with E-state index in [4.69, 9.17) is 16.3 Å². The van der Waals surface area contributed by atoms with Gasteiger partial charge in [-0.2, -0.15) is 0 Å². The molecule has 0 spiro atoms. The summed E-state index contributed by atoms with van der Waals surface area (Å²) in [7, 11) is 0. The second kappa shape index (κ2) is 5.38. The summed E-state index contributed by atoms with van der Waals surface area (Å²) >= 11 is 9.27. The highest BCUT2D eigenvalue weighted by molar-refractivity contribution is 9.10. The molecule has 1 aliphatic heterocycles. The Labute approximate surface area is 113 Å². The van der Waals surface area contributed by atoms with Crippen molar-refractivity contribution in [3.8, 4) is 0 Å². The van der Waals surface area contributed by atoms with E-state index in [1.807, 2.05) is 6.07 Å². The number of rotatable bonds is 2. The summed E-state index contributed by atoms with van der Waals surface area (Å²) in [5.74, 6) is -1.29. The minimum absolute atomic E-state index is 0.395. The van der Waals surface area contributed by atoms with Gasteiger partial charge in [0, 0.05) is 16.1 Å². The number of hydrogen-bond acceptors (Lipinski definition) is 2. The van der Waals surface area contributed by atoms with Crippen LogP contribution in [0.15, 0.2) is 22.7 Å². The van der Waals surface area contributed by atoms with Crippen LogP contribution in [0.25, 0.3) is 0 Å². The van der Waals surface area contributed by atoms with Crippen LogP contribution in [0.3, 0.4) is 0 Å². The first-order chi connectivity index (χ1) is 8.09. The SMILES string of the molecule is O=C(O)C1CCCOC1c1ccc(Cl)cc1Br. The van der Waals surface area contributed by atoms with Crippen LogP contribution in [0.2, 0.25) is 5.02 Å². The van der Waals surface area contributed by atoms with Gasteiger partial charge in [-0.05, 0) is 30.5 Å². The number of aliphatic carboxylic acids is 1. The first kappa shape index (κ1) is 12.9. The quantitative estimate of drug-likeness (QED) is 0.905. The zero-order valence-corrected chi connectivity index (χ0v) is 11.4. The molecule has 0 aromatic heterocycles. The summed E-state index contributed by atoms with van der Waals surface area (Å²) < 4.78 is 6.40. The van der Waals surface area contributed by atoms with Gasteiger partial charge in [0.1, 0.15) is 0 Å². The average Bonchev–Trinajstić information content (AvgIpc) is 2.29. The van der Waals surface area contributed by atoms with Crippen molar-refractivity contribution in [3.63, 3.8) is 0 Å². The van der Waals surface area contributed by atoms with Crippen LogP contribution in [0, 0.1) is 5.92 Å². The summed E-state index contributed by atoms with van der Waals surface area (Å²) in [6.07, 6.45) is 1.04. The second-order valence-electron chi connectivity index (χ2n) is 4.04. The van der Waals surface area contributed by atoms with Crippen molar-refractivity contribution < 1.29 is 14.6 Å². The smallest absolute Gasteiger partial charge is 0.309 e. The fraction of sp³-hybridized carbons (Fsp3) is 0.417. The van der Waals surface area contributed by atoms with Gasteiger partial charge in [0.05, 0.1) is 12.0 Å². The van der Waals surface area contributed by atoms with Crippen molar-refractivity contribution in [2.24, 2.45) is 5.92 Å². The lowest BCUT2D eigenvalue weighted by Gasteiger charge is -2.29. The number of ether oxygens (including phenoxy) is 1. The lowest BCUT2D eigenvalue weighted by Crippen LogP contribution is -2.29. The number of carboxylic acids is 1. The maximum atomic E-state index is 11.2. The van der Waals surface area contributed by atoms with E-state index in [0.717, 1.165) is 16.5 Å². The molecule has 1 saturated heterocycles. The van der Waals surface area contributed by atoms with E-state index in [2.05, 4.69) is 15.9 Å². The lowest BCUT2D eigenvalue weighted by molar-refractivity contribution is -0.151. The number of carbonyl (C=O) groups is 1. The first-order valence-corrected chi connectivity index (χ1v) is 6.56. The lowest BCUT2D eigenvalue weighted by atomic mass is 9.89. The molecule has 2 rings (SSSR count). The number of halogens is 2. The molecule has 3 nitrogen and oxygen atoms in total. The molecule has 0 amide bonds. The van der Waals surface area contributed by atoms with Gasteiger partial charge in [-0.25, -0.2) is 0 Å². The Bertz CT molecular complexity index is 436. The molecule has 1 fully saturated rings. The Morgan fingerprint density at radius 1 is 1.53 bits per heavy atom. The van der Waals surface area contributed by atoms with E-state index in [1.54, 1.807) is 12.1 Å². The Kier molecular flexibility index (Phi) is 4.07. The van der Waals surface area contributed by atoms with Crippen molar-refractivity contribution in [3.05, 3.63) is 33.3 Å². The normalized spacial score (nSPS) is 24.6. The third-order valence-corrected chi connectivity index (χ3v) is 3.83. The summed E-state index contributed by atoms with van der Waals surface area (Å²) in [5.41, 5.74) is 0.849. The highest BCUT2D eigenvalue weighted by atomic mass is 79.9. The van der Waals surface area contributed by atoms with Crippen LogP contribution in [0.1, 0.15) is 24.5 Å². The molecular weight excluding hydrogens is 307 g/mol. The van der Waals surface area contributed by atoms with Crippen molar-refractivity contribution in [2.45, 2.75) is 18.9 Å². The predicted octanol–water partition coefficient (Wildman–Crippen LogP) is 3.65. The van der Waals surface area contributed by atoms with E-state index in [0.29, 0.717) is 18.1 Å². The maximum Gasteiger partial charge on any atom is 0.309 e. The molecular formula is C12H12BrClO3. The zero-order chi connectivity index (χ0) is 12.4. The van der Waals surface area contributed by atoms with Crippen molar-refractivity contribution in [1.29, 1.82) is 0 Å². The molecule has 2 atom stereocenters. The summed E-state index contributed by atoms with van der Waals surface area (Å²) in [5, 5.41) is 9.81. The van der Waals surface area contributed by atoms with Crippen LogP contribution in [0.5, 0.6) is 0 Å². The summed E-state index contributed by atoms with van der Waals surface area (Å²) in [6.45, 7) is 0.601. The van der Waals surface area contributed by atoms with Gasteiger partial charge < -0.3 is 9.84 Å². The van der Waals surface area contributed by atoms with Gasteiger partial charge in [-0.1, -0.05) is 33.6 Å². The molecule has 1 N–H and O–H groups in total. The zero-order valence-electron chi connectivity index (χ0n) is 9.03. The highest BCUT2D eigenvalue weighted by Crippen LogP contribution is 2.38. The van der Waals surface area contributed by atoms with Crippen LogP contribution in [0.4, 0.5) is 0 Å². The molecule has 0 saturated carbocycles. The van der Waals surface area contributed by atoms with Gasteiger partial charge in [0.2, 0.25) is 0 Å². The summed E-state index contributed by atoms with van der Waals surface area (Å²) in [6, 6.07) is 5.32. The van der Waals surface area contributed by atoms with E-state index in [1.165, 1.54) is 0 Å². The van der Waals surface area contributed by atoms with Gasteiger partial charge in [-0.3, -0.25) is 4.79 Å². The topological polar surface area (TPSA) is 46.5 Å². The third-order valence-electron chi connectivity index (χ3n) is 2.91. The Morgan fingerprint density at radius 2 is 2.29 bits per heavy atom. The standard InChI is InChI=1S/C12H12BrClO3/c13-10-6-7(14)3-4-8(10)11-9(12(15)16)2-1-5-17-11/h3-4,6,9,11H,1-2,5H2,(H,15,16). The van der Waals surface area contributed by atoms with Crippen LogP contribution in [-0.2, 0) is 9.53 Å². The molecule has 1 aromatic rings. The largest absolute Gasteiger partial charge is 0.481 e. The van der Waals surface area contributed by atoms with Gasteiger partial charge >= 0.3 is 5.97 Å². The Morgan fingerprint density at radius 3 is 2.94 bits per heavy atom. The predicted molar refractivity (Wildman–Crippen MR) is 68.2 cm³/mol. The number of benzene rings is 1. The minimum atomic E-state index is -0.809. The van der Waals surface area contributed by atoms with E-state index in [9.17, 15) is 9.90 Å². The fourth-order valence-corrected chi connectivity index (χ4v) is 2.98. The molecule has 0 radical (unpaired) electrons. The van der Waals surface area contributed by atoms with Gasteiger partial charge in [-0.15, -0.1) is 0 Å². The molecule has 17 heavy (non-hydrogen) atoms. The van der Waals surface area contributed by atoms with Crippen molar-refractivity contribution in [2.75, 3.05) is 6.61 Å². The van der Waals surface area contributed by atoms with Crippen molar-refractivity contribution in [1.82, 2.24) is 0 Å². The Balaban J connectivity index is 2.32. The Hall–Kier alpha value is -0.580. The van der Waals surface area contributed by atoms with Crippen LogP contribution < -0.4 is 0 Å². The van der Waals surface area contributed by atoms with Crippen molar-refractivity contribution >= 4 is 33.5 Å². The molecule has 1 heterocycles. The maximum absolute atomic E-state index is 11.2. The molecule has 1 aliphatic rings. The van der Waals surface area contributed by atoms with E-state index in [-0.39, 0.29) is 0 Å². The highest BCUT2D eigenvalue weighted by Gasteiger charge is 2.33. The molecule has 5 heteroatoms. The average molecular weight is 320 g/mol. The molecule has 0 bridgehead atoms. The van der Waals surface area contributed by atoms with Crippen LogP contribution >= 0.6 is 27.5 Å². The minimum Gasteiger partial charge on any atom is -0.481 e. The summed E-state index contributed by atoms with van der Waals surface area (Å²) in [4.78, 5) is 11.2. The van der Waals surface area contributed by atoms with Gasteiger partial charge in [0.25, 0.3) is 0 Å². The molecule has 0 aliphatic carbocycles. The molecule has 1 aromatic carbocycles. The monoisotopic (exact) mass is 318 g/mol. The van der Waals surface area contributed by atoms with Gasteiger partial charge in [0.15, 0.2) is 0 Å². The first-order valence-electron chi connectivity index (χ1n) is 5.39. The van der Waals surface area contributed by atoms with E-state index < -0.39 is 18.0 Å². The second-order valence-corrected chi connectivity index (χ2v) is 5.33.